The van der Waals surface area contributed by atoms with E-state index in [1.54, 1.807) is 0 Å². The van der Waals surface area contributed by atoms with Crippen molar-refractivity contribution >= 4 is 17.4 Å². The predicted molar refractivity (Wildman–Crippen MR) is 71.7 cm³/mol. The molecule has 1 aromatic heterocycles. The summed E-state index contributed by atoms with van der Waals surface area (Å²) in [6.45, 7) is 0.694. The van der Waals surface area contributed by atoms with Gasteiger partial charge in [-0.05, 0) is 55.6 Å². The first-order valence-corrected chi connectivity index (χ1v) is 7.30. The Hall–Kier alpha value is -0.970. The molecule has 0 atom stereocenters. The molecule has 2 nitrogen and oxygen atoms in total. The standard InChI is InChI=1S/C14H16ClF3N2/c15-12-5-10(14(16,17)18)6-13(20-12)19-7-11(8-1-2-8)9-3-4-9/h5-6,8-9,11H,1-4,7H2,(H,19,20). The van der Waals surface area contributed by atoms with Gasteiger partial charge in [-0.25, -0.2) is 4.98 Å². The van der Waals surface area contributed by atoms with Crippen molar-refractivity contribution in [2.45, 2.75) is 31.9 Å². The highest BCUT2D eigenvalue weighted by atomic mass is 35.5. The molecule has 1 N–H and O–H groups in total. The molecule has 0 spiro atoms. The third-order valence-electron chi connectivity index (χ3n) is 4.10. The molecule has 1 heterocycles. The Balaban J connectivity index is 1.68. The van der Waals surface area contributed by atoms with E-state index in [-0.39, 0.29) is 11.0 Å². The molecular weight excluding hydrogens is 289 g/mol. The number of pyridine rings is 1. The maximum atomic E-state index is 12.7. The van der Waals surface area contributed by atoms with Crippen LogP contribution in [0.5, 0.6) is 0 Å². The van der Waals surface area contributed by atoms with Crippen LogP contribution in [0.2, 0.25) is 5.15 Å². The maximum absolute atomic E-state index is 12.7. The summed E-state index contributed by atoms with van der Waals surface area (Å²) in [5, 5.41) is 2.92. The molecule has 1 aromatic rings. The summed E-state index contributed by atoms with van der Waals surface area (Å²) < 4.78 is 38.1. The Kier molecular flexibility index (Phi) is 3.56. The summed E-state index contributed by atoms with van der Waals surface area (Å²) in [4.78, 5) is 3.93. The van der Waals surface area contributed by atoms with Gasteiger partial charge in [-0.3, -0.25) is 0 Å². The second-order valence-corrected chi connectivity index (χ2v) is 6.17. The molecule has 0 saturated heterocycles. The van der Waals surface area contributed by atoms with Crippen molar-refractivity contribution in [3.63, 3.8) is 0 Å². The molecule has 2 fully saturated rings. The van der Waals surface area contributed by atoms with Gasteiger partial charge in [0.1, 0.15) is 11.0 Å². The maximum Gasteiger partial charge on any atom is 0.416 e. The zero-order chi connectivity index (χ0) is 14.3. The van der Waals surface area contributed by atoms with Gasteiger partial charge in [0.2, 0.25) is 0 Å². The number of rotatable bonds is 5. The van der Waals surface area contributed by atoms with Crippen LogP contribution >= 0.6 is 11.6 Å². The number of halogens is 4. The number of hydrogen-bond donors (Lipinski definition) is 1. The highest BCUT2D eigenvalue weighted by molar-refractivity contribution is 6.29. The molecule has 0 bridgehead atoms. The Morgan fingerprint density at radius 2 is 1.80 bits per heavy atom. The number of nitrogens with one attached hydrogen (secondary N) is 1. The van der Waals surface area contributed by atoms with E-state index in [4.69, 9.17) is 11.6 Å². The van der Waals surface area contributed by atoms with Crippen LogP contribution in [0.3, 0.4) is 0 Å². The van der Waals surface area contributed by atoms with Crippen LogP contribution in [0.15, 0.2) is 12.1 Å². The first-order chi connectivity index (χ1) is 9.43. The van der Waals surface area contributed by atoms with Crippen molar-refractivity contribution in [1.29, 1.82) is 0 Å². The van der Waals surface area contributed by atoms with Gasteiger partial charge < -0.3 is 5.32 Å². The molecule has 20 heavy (non-hydrogen) atoms. The number of anilines is 1. The van der Waals surface area contributed by atoms with E-state index >= 15 is 0 Å². The van der Waals surface area contributed by atoms with E-state index in [1.165, 1.54) is 25.7 Å². The first-order valence-electron chi connectivity index (χ1n) is 6.92. The fraction of sp³-hybridized carbons (Fsp3) is 0.643. The topological polar surface area (TPSA) is 24.9 Å². The fourth-order valence-electron chi connectivity index (χ4n) is 2.74. The Labute approximate surface area is 120 Å². The van der Waals surface area contributed by atoms with Crippen molar-refractivity contribution in [2.24, 2.45) is 17.8 Å². The monoisotopic (exact) mass is 304 g/mol. The lowest BCUT2D eigenvalue weighted by atomic mass is 9.98. The Morgan fingerprint density at radius 1 is 1.20 bits per heavy atom. The van der Waals surface area contributed by atoms with E-state index < -0.39 is 11.7 Å². The quantitative estimate of drug-likeness (QED) is 0.804. The summed E-state index contributed by atoms with van der Waals surface area (Å²) in [5.41, 5.74) is -0.755. The molecule has 110 valence electrons. The lowest BCUT2D eigenvalue weighted by molar-refractivity contribution is -0.137. The molecule has 2 aliphatic carbocycles. The van der Waals surface area contributed by atoms with E-state index in [0.29, 0.717) is 12.5 Å². The summed E-state index contributed by atoms with van der Waals surface area (Å²) in [6.07, 6.45) is 0.605. The second-order valence-electron chi connectivity index (χ2n) is 5.78. The molecule has 2 aliphatic rings. The lowest BCUT2D eigenvalue weighted by Crippen LogP contribution is -2.19. The molecule has 0 aliphatic heterocycles. The molecule has 0 unspecified atom stereocenters. The second kappa shape index (κ2) is 5.10. The third kappa shape index (κ3) is 3.37. The van der Waals surface area contributed by atoms with Crippen LogP contribution in [-0.2, 0) is 6.18 Å². The number of aromatic nitrogens is 1. The largest absolute Gasteiger partial charge is 0.416 e. The number of nitrogens with zero attached hydrogens (tertiary/aromatic N) is 1. The average Bonchev–Trinajstić information content (AvgIpc) is 3.22. The minimum absolute atomic E-state index is 0.128. The van der Waals surface area contributed by atoms with Crippen molar-refractivity contribution < 1.29 is 13.2 Å². The molecule has 3 rings (SSSR count). The normalized spacial score (nSPS) is 19.4. The van der Waals surface area contributed by atoms with E-state index in [2.05, 4.69) is 10.3 Å². The zero-order valence-electron chi connectivity index (χ0n) is 10.9. The van der Waals surface area contributed by atoms with Crippen molar-refractivity contribution in [1.82, 2.24) is 4.98 Å². The average molecular weight is 305 g/mol. The fourth-order valence-corrected chi connectivity index (χ4v) is 2.95. The van der Waals surface area contributed by atoms with Crippen molar-refractivity contribution in [3.8, 4) is 0 Å². The minimum Gasteiger partial charge on any atom is -0.370 e. The van der Waals surface area contributed by atoms with E-state index in [1.807, 2.05) is 0 Å². The van der Waals surface area contributed by atoms with Gasteiger partial charge in [-0.1, -0.05) is 11.6 Å². The van der Waals surface area contributed by atoms with Gasteiger partial charge in [-0.15, -0.1) is 0 Å². The molecule has 6 heteroatoms. The summed E-state index contributed by atoms with van der Waals surface area (Å²) >= 11 is 5.67. The molecule has 0 amide bonds. The SMILES string of the molecule is FC(F)(F)c1cc(Cl)nc(NCC(C2CC2)C2CC2)c1. The van der Waals surface area contributed by atoms with Gasteiger partial charge in [0.05, 0.1) is 5.56 Å². The third-order valence-corrected chi connectivity index (χ3v) is 4.29. The van der Waals surface area contributed by atoms with Crippen molar-refractivity contribution in [3.05, 3.63) is 22.8 Å². The van der Waals surface area contributed by atoms with Gasteiger partial charge in [0, 0.05) is 6.54 Å². The van der Waals surface area contributed by atoms with Crippen LogP contribution < -0.4 is 5.32 Å². The minimum atomic E-state index is -4.39. The highest BCUT2D eigenvalue weighted by Crippen LogP contribution is 2.49. The smallest absolute Gasteiger partial charge is 0.370 e. The first kappa shape index (κ1) is 14.0. The summed E-state index contributed by atoms with van der Waals surface area (Å²) in [5.74, 6) is 2.29. The highest BCUT2D eigenvalue weighted by Gasteiger charge is 2.41. The summed E-state index contributed by atoms with van der Waals surface area (Å²) in [6, 6.07) is 1.88. The number of hydrogen-bond acceptors (Lipinski definition) is 2. The lowest BCUT2D eigenvalue weighted by Gasteiger charge is -2.17. The van der Waals surface area contributed by atoms with Crippen LogP contribution in [-0.4, -0.2) is 11.5 Å². The summed E-state index contributed by atoms with van der Waals surface area (Å²) in [7, 11) is 0. The molecule has 0 aromatic carbocycles. The Morgan fingerprint density at radius 3 is 2.30 bits per heavy atom. The van der Waals surface area contributed by atoms with Gasteiger partial charge in [-0.2, -0.15) is 13.2 Å². The molecular formula is C14H16ClF3N2. The number of alkyl halides is 3. The predicted octanol–water partition coefficient (Wildman–Crippen LogP) is 4.60. The van der Waals surface area contributed by atoms with Crippen LogP contribution in [0.1, 0.15) is 31.2 Å². The van der Waals surface area contributed by atoms with Gasteiger partial charge >= 0.3 is 6.18 Å². The van der Waals surface area contributed by atoms with E-state index in [9.17, 15) is 13.2 Å². The Bertz CT molecular complexity index is 484. The van der Waals surface area contributed by atoms with E-state index in [0.717, 1.165) is 24.0 Å². The van der Waals surface area contributed by atoms with Crippen LogP contribution in [0.4, 0.5) is 19.0 Å². The molecule has 0 radical (unpaired) electrons. The van der Waals surface area contributed by atoms with Crippen LogP contribution in [0, 0.1) is 17.8 Å². The van der Waals surface area contributed by atoms with Crippen LogP contribution in [0.25, 0.3) is 0 Å². The zero-order valence-corrected chi connectivity index (χ0v) is 11.6. The molecule has 2 saturated carbocycles. The van der Waals surface area contributed by atoms with Crippen molar-refractivity contribution in [2.75, 3.05) is 11.9 Å². The van der Waals surface area contributed by atoms with Gasteiger partial charge in [0.15, 0.2) is 0 Å². The van der Waals surface area contributed by atoms with Gasteiger partial charge in [0.25, 0.3) is 0 Å².